The van der Waals surface area contributed by atoms with E-state index in [1.54, 1.807) is 11.6 Å². The van der Waals surface area contributed by atoms with Crippen LogP contribution >= 0.6 is 27.3 Å². The molecule has 0 atom stereocenters. The van der Waals surface area contributed by atoms with Gasteiger partial charge in [-0.15, -0.1) is 11.3 Å². The van der Waals surface area contributed by atoms with Crippen LogP contribution in [-0.4, -0.2) is 10.9 Å². The van der Waals surface area contributed by atoms with Crippen LogP contribution in [0.3, 0.4) is 0 Å². The van der Waals surface area contributed by atoms with Gasteiger partial charge in [0.2, 0.25) is 0 Å². The number of thiazole rings is 1. The Bertz CT molecular complexity index is 659. The van der Waals surface area contributed by atoms with Gasteiger partial charge < -0.3 is 0 Å². The molecule has 1 aromatic carbocycles. The summed E-state index contributed by atoms with van der Waals surface area (Å²) >= 11 is 4.64. The van der Waals surface area contributed by atoms with Crippen molar-refractivity contribution in [1.82, 2.24) is 4.98 Å². The van der Waals surface area contributed by atoms with E-state index >= 15 is 0 Å². The first-order chi connectivity index (χ1) is 9.19. The molecule has 19 heavy (non-hydrogen) atoms. The number of nitrogens with zero attached hydrogens (tertiary/aromatic N) is 2. The van der Waals surface area contributed by atoms with Gasteiger partial charge in [0.1, 0.15) is 11.6 Å². The Kier molecular flexibility index (Phi) is 4.44. The van der Waals surface area contributed by atoms with Gasteiger partial charge >= 0.3 is 0 Å². The summed E-state index contributed by atoms with van der Waals surface area (Å²) in [7, 11) is 0. The first-order valence-corrected chi connectivity index (χ1v) is 6.94. The van der Waals surface area contributed by atoms with Gasteiger partial charge in [0.05, 0.1) is 0 Å². The van der Waals surface area contributed by atoms with Crippen LogP contribution in [0.25, 0.3) is 6.08 Å². The van der Waals surface area contributed by atoms with Crippen LogP contribution in [0.1, 0.15) is 5.56 Å². The van der Waals surface area contributed by atoms with Crippen LogP contribution in [0.5, 0.6) is 0 Å². The molecule has 1 amide bonds. The van der Waals surface area contributed by atoms with E-state index in [2.05, 4.69) is 26.2 Å². The third kappa shape index (κ3) is 3.74. The lowest BCUT2D eigenvalue weighted by atomic mass is 10.1. The first-order valence-electron chi connectivity index (χ1n) is 5.27. The number of anilines is 1. The molecular weight excluding hydrogens is 326 g/mol. The lowest BCUT2D eigenvalue weighted by Crippen LogP contribution is -2.13. The van der Waals surface area contributed by atoms with Gasteiger partial charge in [-0.2, -0.15) is 5.26 Å². The van der Waals surface area contributed by atoms with Crippen molar-refractivity contribution >= 4 is 44.4 Å². The SMILES string of the molecule is N#C/C(=C\c1cccc(Br)c1)C(=O)Nc1nccs1. The fourth-order valence-corrected chi connectivity index (χ4v) is 2.30. The lowest BCUT2D eigenvalue weighted by Gasteiger charge is -2.00. The number of rotatable bonds is 3. The Labute approximate surface area is 122 Å². The van der Waals surface area contributed by atoms with E-state index in [4.69, 9.17) is 5.26 Å². The number of hydrogen-bond acceptors (Lipinski definition) is 4. The fourth-order valence-electron chi connectivity index (χ4n) is 1.36. The molecule has 0 fully saturated rings. The van der Waals surface area contributed by atoms with Crippen molar-refractivity contribution in [3.63, 3.8) is 0 Å². The van der Waals surface area contributed by atoms with Gasteiger partial charge in [-0.1, -0.05) is 28.1 Å². The van der Waals surface area contributed by atoms with E-state index in [0.29, 0.717) is 5.13 Å². The number of hydrogen-bond donors (Lipinski definition) is 1. The maximum absolute atomic E-state index is 11.9. The van der Waals surface area contributed by atoms with Crippen LogP contribution in [0, 0.1) is 11.3 Å². The quantitative estimate of drug-likeness (QED) is 0.691. The zero-order valence-electron chi connectivity index (χ0n) is 9.63. The number of nitrogens with one attached hydrogen (secondary N) is 1. The molecule has 2 aromatic rings. The molecule has 4 nitrogen and oxygen atoms in total. The van der Waals surface area contributed by atoms with Crippen LogP contribution in [0.4, 0.5) is 5.13 Å². The third-order valence-electron chi connectivity index (χ3n) is 2.18. The second kappa shape index (κ2) is 6.27. The van der Waals surface area contributed by atoms with Crippen molar-refractivity contribution in [2.75, 3.05) is 5.32 Å². The second-order valence-electron chi connectivity index (χ2n) is 3.52. The first kappa shape index (κ1) is 13.5. The second-order valence-corrected chi connectivity index (χ2v) is 5.33. The van der Waals surface area contributed by atoms with Crippen molar-refractivity contribution < 1.29 is 4.79 Å². The van der Waals surface area contributed by atoms with Crippen molar-refractivity contribution in [3.05, 3.63) is 51.5 Å². The van der Waals surface area contributed by atoms with E-state index in [1.165, 1.54) is 17.4 Å². The van der Waals surface area contributed by atoms with E-state index in [9.17, 15) is 4.79 Å². The number of amides is 1. The number of benzene rings is 1. The molecule has 0 bridgehead atoms. The van der Waals surface area contributed by atoms with Crippen molar-refractivity contribution in [3.8, 4) is 6.07 Å². The fraction of sp³-hybridized carbons (Fsp3) is 0. The monoisotopic (exact) mass is 333 g/mol. The highest BCUT2D eigenvalue weighted by atomic mass is 79.9. The molecule has 0 aliphatic rings. The predicted molar refractivity (Wildman–Crippen MR) is 78.5 cm³/mol. The summed E-state index contributed by atoms with van der Waals surface area (Å²) in [6, 6.07) is 9.25. The van der Waals surface area contributed by atoms with Crippen LogP contribution in [0.2, 0.25) is 0 Å². The minimum Gasteiger partial charge on any atom is -0.297 e. The van der Waals surface area contributed by atoms with Gasteiger partial charge in [-0.25, -0.2) is 4.98 Å². The Morgan fingerprint density at radius 2 is 2.37 bits per heavy atom. The molecule has 94 valence electrons. The summed E-state index contributed by atoms with van der Waals surface area (Å²) in [6.45, 7) is 0. The predicted octanol–water partition coefficient (Wildman–Crippen LogP) is 3.45. The summed E-state index contributed by atoms with van der Waals surface area (Å²) in [5.41, 5.74) is 0.813. The Morgan fingerprint density at radius 1 is 1.53 bits per heavy atom. The maximum atomic E-state index is 11.9. The number of halogens is 1. The zero-order valence-corrected chi connectivity index (χ0v) is 12.0. The molecule has 1 N–H and O–H groups in total. The molecule has 6 heteroatoms. The Balaban J connectivity index is 2.20. The van der Waals surface area contributed by atoms with Gasteiger partial charge in [0, 0.05) is 16.0 Å². The number of nitriles is 1. The Hall–Kier alpha value is -1.97. The minimum absolute atomic E-state index is 0.0355. The van der Waals surface area contributed by atoms with Crippen molar-refractivity contribution in [2.24, 2.45) is 0 Å². The van der Waals surface area contributed by atoms with Crippen LogP contribution in [0.15, 0.2) is 45.9 Å². The van der Waals surface area contributed by atoms with E-state index in [1.807, 2.05) is 30.3 Å². The normalized spacial score (nSPS) is 10.8. The molecule has 0 unspecified atom stereocenters. The molecule has 0 saturated heterocycles. The summed E-state index contributed by atoms with van der Waals surface area (Å²) in [6.07, 6.45) is 3.12. The molecule has 1 heterocycles. The highest BCUT2D eigenvalue weighted by Crippen LogP contribution is 2.16. The minimum atomic E-state index is -0.461. The van der Waals surface area contributed by atoms with Crippen LogP contribution < -0.4 is 5.32 Å². The van der Waals surface area contributed by atoms with Crippen molar-refractivity contribution in [1.29, 1.82) is 5.26 Å². The number of carbonyl (C=O) groups is 1. The summed E-state index contributed by atoms with van der Waals surface area (Å²) in [5, 5.41) is 13.8. The summed E-state index contributed by atoms with van der Waals surface area (Å²) < 4.78 is 0.888. The third-order valence-corrected chi connectivity index (χ3v) is 3.36. The van der Waals surface area contributed by atoms with Gasteiger partial charge in [0.15, 0.2) is 5.13 Å². The highest BCUT2D eigenvalue weighted by Gasteiger charge is 2.10. The molecule has 0 aliphatic carbocycles. The molecule has 0 spiro atoms. The number of aromatic nitrogens is 1. The van der Waals surface area contributed by atoms with E-state index < -0.39 is 5.91 Å². The largest absolute Gasteiger partial charge is 0.297 e. The molecule has 0 aliphatic heterocycles. The smallest absolute Gasteiger partial charge is 0.268 e. The Morgan fingerprint density at radius 3 is 3.00 bits per heavy atom. The van der Waals surface area contributed by atoms with E-state index in [0.717, 1.165) is 10.0 Å². The summed E-state index contributed by atoms with van der Waals surface area (Å²) in [5.74, 6) is -0.461. The molecular formula is C13H8BrN3OS. The topological polar surface area (TPSA) is 65.8 Å². The lowest BCUT2D eigenvalue weighted by molar-refractivity contribution is -0.112. The maximum Gasteiger partial charge on any atom is 0.268 e. The average Bonchev–Trinajstić information content (AvgIpc) is 2.88. The zero-order chi connectivity index (χ0) is 13.7. The van der Waals surface area contributed by atoms with Crippen LogP contribution in [-0.2, 0) is 4.79 Å². The molecule has 1 aromatic heterocycles. The molecule has 0 radical (unpaired) electrons. The van der Waals surface area contributed by atoms with Gasteiger partial charge in [-0.3, -0.25) is 10.1 Å². The molecule has 0 saturated carbocycles. The summed E-state index contributed by atoms with van der Waals surface area (Å²) in [4.78, 5) is 15.8. The highest BCUT2D eigenvalue weighted by molar-refractivity contribution is 9.10. The van der Waals surface area contributed by atoms with E-state index in [-0.39, 0.29) is 5.57 Å². The van der Waals surface area contributed by atoms with Gasteiger partial charge in [-0.05, 0) is 23.8 Å². The number of carbonyl (C=O) groups excluding carboxylic acids is 1. The van der Waals surface area contributed by atoms with Gasteiger partial charge in [0.25, 0.3) is 5.91 Å². The average molecular weight is 334 g/mol. The molecule has 2 rings (SSSR count). The van der Waals surface area contributed by atoms with Crippen molar-refractivity contribution in [2.45, 2.75) is 0 Å². The standard InChI is InChI=1S/C13H8BrN3OS/c14-11-3-1-2-9(7-11)6-10(8-15)12(18)17-13-16-4-5-19-13/h1-7H,(H,16,17,18)/b10-6+.